The minimum Gasteiger partial charge on any atom is -0.346 e. The van der Waals surface area contributed by atoms with Crippen LogP contribution in [0.15, 0.2) is 24.3 Å². The highest BCUT2D eigenvalue weighted by Gasteiger charge is 2.39. The third-order valence-corrected chi connectivity index (χ3v) is 5.30. The molecule has 23 heavy (non-hydrogen) atoms. The lowest BCUT2D eigenvalue weighted by Gasteiger charge is -2.34. The van der Waals surface area contributed by atoms with Gasteiger partial charge in [-0.2, -0.15) is 0 Å². The van der Waals surface area contributed by atoms with Gasteiger partial charge < -0.3 is 11.1 Å². The van der Waals surface area contributed by atoms with Gasteiger partial charge in [-0.3, -0.25) is 4.79 Å². The first kappa shape index (κ1) is 18.2. The Labute approximate surface area is 143 Å². The third kappa shape index (κ3) is 4.04. The molecule has 0 saturated heterocycles. The fraction of sp³-hybridized carbons (Fsp3) is 0.611. The predicted octanol–water partition coefficient (Wildman–Crippen LogP) is 3.65. The third-order valence-electron chi connectivity index (χ3n) is 5.30. The smallest absolute Gasteiger partial charge is 0.223 e. The number of nitrogens with one attached hydrogen (secondary N) is 1. The Morgan fingerprint density at radius 3 is 2.39 bits per heavy atom. The summed E-state index contributed by atoms with van der Waals surface area (Å²) in [5, 5.41) is 3.30. The molecule has 2 unspecified atom stereocenters. The highest BCUT2D eigenvalue weighted by molar-refractivity contribution is 5.85. The standard InChI is InChI=1S/C18H25FN2O.ClH/c19-15-8-6-14(7-9-15)18(10-1-2-11-18)21-17(22)13-4-3-5-16(20)12-13;/h6-9,13,16H,1-5,10-12,20H2,(H,21,22);1H. The van der Waals surface area contributed by atoms with E-state index in [1.54, 1.807) is 0 Å². The first-order valence-corrected chi connectivity index (χ1v) is 8.43. The van der Waals surface area contributed by atoms with Crippen molar-refractivity contribution in [1.82, 2.24) is 5.32 Å². The summed E-state index contributed by atoms with van der Waals surface area (Å²) in [5.74, 6) is -0.0791. The van der Waals surface area contributed by atoms with Gasteiger partial charge in [0.15, 0.2) is 0 Å². The molecular weight excluding hydrogens is 315 g/mol. The number of carbonyl (C=O) groups is 1. The molecule has 2 atom stereocenters. The first-order valence-electron chi connectivity index (χ1n) is 8.43. The van der Waals surface area contributed by atoms with E-state index in [2.05, 4.69) is 5.32 Å². The molecule has 0 spiro atoms. The van der Waals surface area contributed by atoms with Crippen LogP contribution >= 0.6 is 12.4 Å². The number of hydrogen-bond donors (Lipinski definition) is 2. The van der Waals surface area contributed by atoms with Gasteiger partial charge in [-0.25, -0.2) is 4.39 Å². The minimum absolute atomic E-state index is 0. The van der Waals surface area contributed by atoms with Crippen molar-refractivity contribution in [3.8, 4) is 0 Å². The summed E-state index contributed by atoms with van der Waals surface area (Å²) in [4.78, 5) is 12.7. The average Bonchev–Trinajstić information content (AvgIpc) is 2.97. The van der Waals surface area contributed by atoms with Crippen LogP contribution in [0.2, 0.25) is 0 Å². The molecule has 0 radical (unpaired) electrons. The molecule has 0 bridgehead atoms. The van der Waals surface area contributed by atoms with Gasteiger partial charge in [0.1, 0.15) is 5.82 Å². The maximum atomic E-state index is 13.2. The Bertz CT molecular complexity index is 528. The summed E-state index contributed by atoms with van der Waals surface area (Å²) in [6, 6.07) is 6.74. The van der Waals surface area contributed by atoms with E-state index in [1.165, 1.54) is 12.1 Å². The summed E-state index contributed by atoms with van der Waals surface area (Å²) in [5.41, 5.74) is 6.72. The molecule has 1 aromatic carbocycles. The second kappa shape index (κ2) is 7.63. The van der Waals surface area contributed by atoms with Gasteiger partial charge in [-0.1, -0.05) is 31.4 Å². The summed E-state index contributed by atoms with van der Waals surface area (Å²) in [6.07, 6.45) is 7.83. The van der Waals surface area contributed by atoms with Gasteiger partial charge in [0.25, 0.3) is 0 Å². The van der Waals surface area contributed by atoms with Crippen LogP contribution < -0.4 is 11.1 Å². The van der Waals surface area contributed by atoms with Crippen LogP contribution in [0.25, 0.3) is 0 Å². The van der Waals surface area contributed by atoms with E-state index in [4.69, 9.17) is 5.73 Å². The van der Waals surface area contributed by atoms with Crippen LogP contribution in [0.5, 0.6) is 0 Å². The molecule has 3 nitrogen and oxygen atoms in total. The minimum atomic E-state index is -0.313. The summed E-state index contributed by atoms with van der Waals surface area (Å²) >= 11 is 0. The fourth-order valence-electron chi connectivity index (χ4n) is 4.04. The van der Waals surface area contributed by atoms with Gasteiger partial charge in [-0.05, 0) is 49.8 Å². The monoisotopic (exact) mass is 340 g/mol. The molecule has 3 rings (SSSR count). The first-order chi connectivity index (χ1) is 10.6. The predicted molar refractivity (Wildman–Crippen MR) is 91.9 cm³/mol. The topological polar surface area (TPSA) is 55.1 Å². The number of nitrogens with two attached hydrogens (primary N) is 1. The van der Waals surface area contributed by atoms with E-state index in [-0.39, 0.29) is 41.6 Å². The maximum Gasteiger partial charge on any atom is 0.223 e. The van der Waals surface area contributed by atoms with Crippen LogP contribution in [0, 0.1) is 11.7 Å². The lowest BCUT2D eigenvalue weighted by molar-refractivity contribution is -0.128. The van der Waals surface area contributed by atoms with Gasteiger partial charge >= 0.3 is 0 Å². The zero-order valence-electron chi connectivity index (χ0n) is 13.4. The summed E-state index contributed by atoms with van der Waals surface area (Å²) in [7, 11) is 0. The highest BCUT2D eigenvalue weighted by atomic mass is 35.5. The molecule has 5 heteroatoms. The van der Waals surface area contributed by atoms with Crippen molar-refractivity contribution in [1.29, 1.82) is 0 Å². The normalized spacial score (nSPS) is 26.3. The lowest BCUT2D eigenvalue weighted by atomic mass is 9.83. The molecule has 0 aromatic heterocycles. The second-order valence-corrected chi connectivity index (χ2v) is 6.91. The second-order valence-electron chi connectivity index (χ2n) is 6.91. The van der Waals surface area contributed by atoms with E-state index in [0.717, 1.165) is 56.9 Å². The molecule has 3 N–H and O–H groups in total. The van der Waals surface area contributed by atoms with E-state index >= 15 is 0 Å². The SMILES string of the molecule is Cl.NC1CCCC(C(=O)NC2(c3ccc(F)cc3)CCCC2)C1. The summed E-state index contributed by atoms with van der Waals surface area (Å²) in [6.45, 7) is 0. The zero-order chi connectivity index (χ0) is 15.6. The van der Waals surface area contributed by atoms with Gasteiger partial charge in [0.05, 0.1) is 5.54 Å². The van der Waals surface area contributed by atoms with Crippen LogP contribution in [0.4, 0.5) is 4.39 Å². The van der Waals surface area contributed by atoms with Crippen LogP contribution in [-0.4, -0.2) is 11.9 Å². The average molecular weight is 341 g/mol. The zero-order valence-corrected chi connectivity index (χ0v) is 14.2. The van der Waals surface area contributed by atoms with E-state index < -0.39 is 0 Å². The van der Waals surface area contributed by atoms with Crippen LogP contribution in [0.1, 0.15) is 56.9 Å². The van der Waals surface area contributed by atoms with Gasteiger partial charge in [-0.15, -0.1) is 12.4 Å². The lowest BCUT2D eigenvalue weighted by Crippen LogP contribution is -2.48. The molecular formula is C18H26ClFN2O. The molecule has 128 valence electrons. The van der Waals surface area contributed by atoms with E-state index in [0.29, 0.717) is 0 Å². The highest BCUT2D eigenvalue weighted by Crippen LogP contribution is 2.39. The van der Waals surface area contributed by atoms with Crippen molar-refractivity contribution < 1.29 is 9.18 Å². The number of benzene rings is 1. The molecule has 2 aliphatic rings. The number of hydrogen-bond acceptors (Lipinski definition) is 2. The molecule has 2 fully saturated rings. The largest absolute Gasteiger partial charge is 0.346 e. The molecule has 1 amide bonds. The quantitative estimate of drug-likeness (QED) is 0.882. The Kier molecular flexibility index (Phi) is 6.04. The van der Waals surface area contributed by atoms with E-state index in [1.807, 2.05) is 12.1 Å². The molecule has 0 aliphatic heterocycles. The number of halogens is 2. The Hall–Kier alpha value is -1.13. The van der Waals surface area contributed by atoms with E-state index in [9.17, 15) is 9.18 Å². The maximum absolute atomic E-state index is 13.2. The number of carbonyl (C=O) groups excluding carboxylic acids is 1. The van der Waals surface area contributed by atoms with Crippen molar-refractivity contribution in [2.45, 2.75) is 62.9 Å². The fourth-order valence-corrected chi connectivity index (χ4v) is 4.04. The number of amides is 1. The van der Waals surface area contributed by atoms with Gasteiger partial charge in [0.2, 0.25) is 5.91 Å². The van der Waals surface area contributed by atoms with Crippen LogP contribution in [0.3, 0.4) is 0 Å². The Morgan fingerprint density at radius 1 is 1.13 bits per heavy atom. The molecule has 0 heterocycles. The van der Waals surface area contributed by atoms with Crippen molar-refractivity contribution in [3.05, 3.63) is 35.6 Å². The Balaban J connectivity index is 0.00000192. The molecule has 2 saturated carbocycles. The van der Waals surface area contributed by atoms with Gasteiger partial charge in [0, 0.05) is 12.0 Å². The molecule has 1 aromatic rings. The van der Waals surface area contributed by atoms with Crippen molar-refractivity contribution in [2.75, 3.05) is 0 Å². The number of rotatable bonds is 3. The Morgan fingerprint density at radius 2 is 1.78 bits per heavy atom. The van der Waals surface area contributed by atoms with Crippen LogP contribution in [-0.2, 0) is 10.3 Å². The van der Waals surface area contributed by atoms with Crippen molar-refractivity contribution >= 4 is 18.3 Å². The summed E-state index contributed by atoms with van der Waals surface area (Å²) < 4.78 is 13.2. The van der Waals surface area contributed by atoms with Crippen molar-refractivity contribution in [3.63, 3.8) is 0 Å². The van der Waals surface area contributed by atoms with Crippen molar-refractivity contribution in [2.24, 2.45) is 11.7 Å². The molecule has 2 aliphatic carbocycles.